The van der Waals surface area contributed by atoms with Crippen LogP contribution < -0.4 is 16.0 Å². The van der Waals surface area contributed by atoms with Crippen LogP contribution in [0.2, 0.25) is 5.15 Å². The molecule has 2 fully saturated rings. The number of aromatic nitrogens is 3. The van der Waals surface area contributed by atoms with Crippen molar-refractivity contribution >= 4 is 40.0 Å². The lowest BCUT2D eigenvalue weighted by atomic mass is 9.82. The zero-order valence-electron chi connectivity index (χ0n) is 19.8. The summed E-state index contributed by atoms with van der Waals surface area (Å²) in [5.41, 5.74) is 1.64. The first kappa shape index (κ1) is 23.8. The number of amides is 1. The Bertz CT molecular complexity index is 1160. The number of rotatable bonds is 8. The van der Waals surface area contributed by atoms with Crippen LogP contribution in [0.1, 0.15) is 38.2 Å². The normalized spacial score (nSPS) is 21.2. The maximum Gasteiger partial charge on any atom is 0.224 e. The van der Waals surface area contributed by atoms with Crippen molar-refractivity contribution in [2.45, 2.75) is 57.2 Å². The van der Waals surface area contributed by atoms with Gasteiger partial charge in [0.1, 0.15) is 17.2 Å². The average Bonchev–Trinajstić information content (AvgIpc) is 2.84. The third-order valence-corrected chi connectivity index (χ3v) is 7.24. The molecule has 1 amide bonds. The molecule has 3 aromatic heterocycles. The maximum atomic E-state index is 12.1. The summed E-state index contributed by atoms with van der Waals surface area (Å²) < 4.78 is 5.09. The van der Waals surface area contributed by atoms with Crippen LogP contribution in [0.15, 0.2) is 42.7 Å². The fourth-order valence-electron chi connectivity index (χ4n) is 4.82. The lowest BCUT2D eigenvalue weighted by Gasteiger charge is -2.33. The monoisotopic (exact) mass is 494 g/mol. The standard InChI is InChI=1S/C26H31ClN6O2/c1-16(30-22-8-2-17(13-29-22)12-24(34)32-21-14-35-15-21)18-3-6-20(7-4-18)31-23-9-5-19-10-11-28-26(27)25(19)33-23/h2,5,8-11,13,16,18,20-21H,3-4,6-7,12,14-15H2,1H3,(H,29,30)(H,31,33)(H,32,34)/t16-,18?,20?/m0/s1. The van der Waals surface area contributed by atoms with E-state index in [9.17, 15) is 4.79 Å². The van der Waals surface area contributed by atoms with E-state index in [0.717, 1.165) is 53.8 Å². The molecule has 2 aliphatic rings. The molecule has 4 heterocycles. The third-order valence-electron chi connectivity index (χ3n) is 6.96. The van der Waals surface area contributed by atoms with Crippen LogP contribution >= 0.6 is 11.6 Å². The highest BCUT2D eigenvalue weighted by atomic mass is 35.5. The number of carbonyl (C=O) groups is 1. The van der Waals surface area contributed by atoms with Crippen LogP contribution in [-0.4, -0.2) is 52.2 Å². The van der Waals surface area contributed by atoms with Crippen molar-refractivity contribution in [2.75, 3.05) is 23.8 Å². The highest BCUT2D eigenvalue weighted by Crippen LogP contribution is 2.30. The second-order valence-corrected chi connectivity index (χ2v) is 9.95. The number of carbonyl (C=O) groups excluding carboxylic acids is 1. The number of anilines is 2. The zero-order chi connectivity index (χ0) is 24.2. The van der Waals surface area contributed by atoms with Crippen molar-refractivity contribution < 1.29 is 9.53 Å². The highest BCUT2D eigenvalue weighted by molar-refractivity contribution is 6.33. The summed E-state index contributed by atoms with van der Waals surface area (Å²) in [5.74, 6) is 2.28. The van der Waals surface area contributed by atoms with E-state index in [0.29, 0.717) is 42.8 Å². The Labute approximate surface area is 210 Å². The Morgan fingerprint density at radius 3 is 2.57 bits per heavy atom. The minimum atomic E-state index is 0.0122. The molecule has 0 radical (unpaired) electrons. The van der Waals surface area contributed by atoms with Gasteiger partial charge < -0.3 is 20.7 Å². The molecule has 0 spiro atoms. The van der Waals surface area contributed by atoms with Crippen LogP contribution in [0.5, 0.6) is 0 Å². The lowest BCUT2D eigenvalue weighted by molar-refractivity contribution is -0.124. The molecule has 1 aliphatic heterocycles. The van der Waals surface area contributed by atoms with Gasteiger partial charge in [0.2, 0.25) is 5.91 Å². The summed E-state index contributed by atoms with van der Waals surface area (Å²) >= 11 is 6.21. The molecule has 1 atom stereocenters. The summed E-state index contributed by atoms with van der Waals surface area (Å²) in [5, 5.41) is 11.5. The fraction of sp³-hybridized carbons (Fsp3) is 0.462. The second-order valence-electron chi connectivity index (χ2n) is 9.59. The topological polar surface area (TPSA) is 101 Å². The van der Waals surface area contributed by atoms with Gasteiger partial charge in [-0.1, -0.05) is 17.7 Å². The Balaban J connectivity index is 1.08. The number of nitrogens with one attached hydrogen (secondary N) is 3. The smallest absolute Gasteiger partial charge is 0.224 e. The number of ether oxygens (including phenoxy) is 1. The van der Waals surface area contributed by atoms with Crippen LogP contribution in [0.25, 0.3) is 10.9 Å². The number of fused-ring (bicyclic) bond motifs is 1. The van der Waals surface area contributed by atoms with Crippen molar-refractivity contribution in [1.29, 1.82) is 0 Å². The van der Waals surface area contributed by atoms with Crippen molar-refractivity contribution in [2.24, 2.45) is 5.92 Å². The Morgan fingerprint density at radius 2 is 1.86 bits per heavy atom. The molecule has 184 valence electrons. The molecule has 0 bridgehead atoms. The maximum absolute atomic E-state index is 12.1. The molecule has 5 rings (SSSR count). The van der Waals surface area contributed by atoms with Crippen molar-refractivity contribution in [1.82, 2.24) is 20.3 Å². The second kappa shape index (κ2) is 10.7. The van der Waals surface area contributed by atoms with E-state index in [1.54, 1.807) is 12.4 Å². The van der Waals surface area contributed by atoms with Gasteiger partial charge in [-0.2, -0.15) is 0 Å². The summed E-state index contributed by atoms with van der Waals surface area (Å²) in [6.07, 6.45) is 8.26. The van der Waals surface area contributed by atoms with Crippen molar-refractivity contribution in [3.05, 3.63) is 53.4 Å². The van der Waals surface area contributed by atoms with E-state index in [4.69, 9.17) is 16.3 Å². The Morgan fingerprint density at radius 1 is 1.06 bits per heavy atom. The van der Waals surface area contributed by atoms with Crippen LogP contribution in [-0.2, 0) is 16.0 Å². The SMILES string of the molecule is C[C@H](Nc1ccc(CC(=O)NC2COC2)cn1)C1CCC(Nc2ccc3ccnc(Cl)c3n2)CC1. The average molecular weight is 495 g/mol. The van der Waals surface area contributed by atoms with Gasteiger partial charge in [-0.3, -0.25) is 4.79 Å². The van der Waals surface area contributed by atoms with Gasteiger partial charge in [-0.15, -0.1) is 0 Å². The molecule has 1 saturated heterocycles. The molecule has 0 aromatic carbocycles. The number of halogens is 1. The van der Waals surface area contributed by atoms with E-state index < -0.39 is 0 Å². The zero-order valence-corrected chi connectivity index (χ0v) is 20.6. The van der Waals surface area contributed by atoms with Crippen molar-refractivity contribution in [3.8, 4) is 0 Å². The summed E-state index contributed by atoms with van der Waals surface area (Å²) in [6, 6.07) is 10.8. The Hall–Kier alpha value is -2.97. The molecule has 1 aliphatic carbocycles. The van der Waals surface area contributed by atoms with Crippen LogP contribution in [0.4, 0.5) is 11.6 Å². The van der Waals surface area contributed by atoms with Gasteiger partial charge in [-0.25, -0.2) is 15.0 Å². The third kappa shape index (κ3) is 6.00. The molecule has 35 heavy (non-hydrogen) atoms. The molecule has 3 N–H and O–H groups in total. The highest BCUT2D eigenvalue weighted by Gasteiger charge is 2.26. The van der Waals surface area contributed by atoms with Gasteiger partial charge in [0.25, 0.3) is 0 Å². The first-order chi connectivity index (χ1) is 17.0. The van der Waals surface area contributed by atoms with E-state index in [2.05, 4.69) is 37.8 Å². The molecular weight excluding hydrogens is 464 g/mol. The number of hydrogen-bond donors (Lipinski definition) is 3. The van der Waals surface area contributed by atoms with Crippen LogP contribution in [0.3, 0.4) is 0 Å². The molecule has 0 unspecified atom stereocenters. The molecule has 9 heteroatoms. The van der Waals surface area contributed by atoms with Gasteiger partial charge in [0.15, 0.2) is 5.15 Å². The van der Waals surface area contributed by atoms with Gasteiger partial charge in [0, 0.05) is 29.9 Å². The minimum Gasteiger partial charge on any atom is -0.377 e. The molecule has 1 saturated carbocycles. The Kier molecular flexibility index (Phi) is 7.29. The molecular formula is C26H31ClN6O2. The predicted octanol–water partition coefficient (Wildman–Crippen LogP) is 4.21. The molecule has 3 aromatic rings. The predicted molar refractivity (Wildman–Crippen MR) is 138 cm³/mol. The summed E-state index contributed by atoms with van der Waals surface area (Å²) in [7, 11) is 0. The number of hydrogen-bond acceptors (Lipinski definition) is 7. The van der Waals surface area contributed by atoms with E-state index >= 15 is 0 Å². The van der Waals surface area contributed by atoms with E-state index in [1.165, 1.54) is 0 Å². The van der Waals surface area contributed by atoms with Crippen molar-refractivity contribution in [3.63, 3.8) is 0 Å². The lowest BCUT2D eigenvalue weighted by Crippen LogP contribution is -2.49. The van der Waals surface area contributed by atoms with E-state index in [1.807, 2.05) is 30.3 Å². The molecule has 8 nitrogen and oxygen atoms in total. The van der Waals surface area contributed by atoms with E-state index in [-0.39, 0.29) is 11.9 Å². The van der Waals surface area contributed by atoms with Crippen LogP contribution in [0, 0.1) is 5.92 Å². The summed E-state index contributed by atoms with van der Waals surface area (Å²) in [6.45, 7) is 3.44. The number of nitrogens with zero attached hydrogens (tertiary/aromatic N) is 3. The number of pyridine rings is 3. The first-order valence-electron chi connectivity index (χ1n) is 12.3. The fourth-order valence-corrected chi connectivity index (χ4v) is 5.02. The van der Waals surface area contributed by atoms with Gasteiger partial charge >= 0.3 is 0 Å². The largest absolute Gasteiger partial charge is 0.377 e. The first-order valence-corrected chi connectivity index (χ1v) is 12.7. The quantitative estimate of drug-likeness (QED) is 0.403. The van der Waals surface area contributed by atoms with Gasteiger partial charge in [0.05, 0.1) is 25.7 Å². The van der Waals surface area contributed by atoms with Gasteiger partial charge in [-0.05, 0) is 68.4 Å². The summed E-state index contributed by atoms with van der Waals surface area (Å²) in [4.78, 5) is 25.4. The minimum absolute atomic E-state index is 0.0122.